The predicted molar refractivity (Wildman–Crippen MR) is 113 cm³/mol. The third-order valence-corrected chi connectivity index (χ3v) is 11.4. The summed E-state index contributed by atoms with van der Waals surface area (Å²) < 4.78 is 13.5. The highest BCUT2D eigenvalue weighted by Crippen LogP contribution is 2.73. The Balaban J connectivity index is 5.02. The minimum absolute atomic E-state index is 0.0571. The predicted octanol–water partition coefficient (Wildman–Crippen LogP) is 4.35. The summed E-state index contributed by atoms with van der Waals surface area (Å²) in [6.45, 7) is 0. The van der Waals surface area contributed by atoms with Crippen LogP contribution in [0, 0.1) is 11.3 Å². The van der Waals surface area contributed by atoms with Gasteiger partial charge in [-0.15, -0.1) is 0 Å². The fourth-order valence-corrected chi connectivity index (χ4v) is 15.4. The van der Waals surface area contributed by atoms with E-state index in [1.165, 1.54) is 0 Å². The Kier molecular flexibility index (Phi) is 15.9. The van der Waals surface area contributed by atoms with Crippen LogP contribution in [-0.2, 0) is 8.88 Å². The minimum Gasteiger partial charge on any atom is -0.386 e. The molecule has 15 heteroatoms. The zero-order valence-electron chi connectivity index (χ0n) is 9.43. The molecule has 9 unspecified atom stereocenters. The van der Waals surface area contributed by atoms with Crippen LogP contribution in [-0.4, -0.2) is 17.5 Å². The first kappa shape index (κ1) is 21.7. The lowest BCUT2D eigenvalue weighted by Gasteiger charge is -2.37. The van der Waals surface area contributed by atoms with Gasteiger partial charge in [0.1, 0.15) is 0 Å². The molecule has 0 saturated heterocycles. The topological polar surface area (TPSA) is 45.5 Å². The van der Waals surface area contributed by atoms with Crippen LogP contribution in [0.25, 0.3) is 0 Å². The van der Waals surface area contributed by atoms with Crippen molar-refractivity contribution < 1.29 is 8.88 Å². The summed E-state index contributed by atoms with van der Waals surface area (Å²) in [5.74, 6) is -0.0571. The van der Waals surface area contributed by atoms with Gasteiger partial charge in [0.2, 0.25) is 0 Å². The SMILES string of the molecule is N#CCC(B(OPP)OPP)N(P(P)P)P(P)P. The van der Waals surface area contributed by atoms with Gasteiger partial charge >= 0.3 is 7.12 Å². The van der Waals surface area contributed by atoms with Crippen LogP contribution in [0.3, 0.4) is 0 Å². The Labute approximate surface area is 129 Å². The molecule has 0 aliphatic carbocycles. The molecule has 4 nitrogen and oxygen atoms in total. The Bertz CT molecular complexity index is 250. The largest absolute Gasteiger partial charge is 0.483 e. The minimum atomic E-state index is -0.473. The molecule has 0 bridgehead atoms. The van der Waals surface area contributed by atoms with E-state index >= 15 is 0 Å². The van der Waals surface area contributed by atoms with Crippen LogP contribution in [0.1, 0.15) is 6.42 Å². The first-order chi connectivity index (χ1) is 8.49. The second kappa shape index (κ2) is 13.2. The highest BCUT2D eigenvalue weighted by Gasteiger charge is 2.38. The molecule has 0 spiro atoms. The summed E-state index contributed by atoms with van der Waals surface area (Å²) in [5, 5.41) is 9.03. The quantitative estimate of drug-likeness (QED) is 0.400. The molecular formula is C3H17BN2O2P10. The fraction of sp³-hybridized carbons (Fsp3) is 0.667. The third kappa shape index (κ3) is 8.39. The highest BCUT2D eigenvalue weighted by atomic mass is 32.4. The van der Waals surface area contributed by atoms with Crippen molar-refractivity contribution in [3.05, 3.63) is 0 Å². The van der Waals surface area contributed by atoms with E-state index in [0.29, 0.717) is 6.42 Å². The van der Waals surface area contributed by atoms with Crippen LogP contribution >= 0.6 is 85.5 Å². The summed E-state index contributed by atoms with van der Waals surface area (Å²) in [5.41, 5.74) is 0. The van der Waals surface area contributed by atoms with Gasteiger partial charge in [-0.25, -0.2) is 4.44 Å². The lowest BCUT2D eigenvalue weighted by molar-refractivity contribution is 0.436. The van der Waals surface area contributed by atoms with Gasteiger partial charge in [0.25, 0.3) is 0 Å². The molecule has 0 rings (SSSR count). The molecule has 0 radical (unpaired) electrons. The van der Waals surface area contributed by atoms with Gasteiger partial charge in [0, 0.05) is 38.3 Å². The van der Waals surface area contributed by atoms with Crippen LogP contribution < -0.4 is 0 Å². The highest BCUT2D eigenvalue weighted by molar-refractivity contribution is 8.50. The van der Waals surface area contributed by atoms with Crippen LogP contribution in [0.5, 0.6) is 0 Å². The van der Waals surface area contributed by atoms with E-state index in [2.05, 4.69) is 64.1 Å². The van der Waals surface area contributed by atoms with Crippen LogP contribution in [0.15, 0.2) is 0 Å². The Morgan fingerprint density at radius 1 is 1.17 bits per heavy atom. The molecule has 0 amide bonds. The van der Waals surface area contributed by atoms with Gasteiger partial charge in [-0.05, 0) is 0 Å². The smallest absolute Gasteiger partial charge is 0.386 e. The van der Waals surface area contributed by atoms with Gasteiger partial charge < -0.3 is 8.88 Å². The molecule has 104 valence electrons. The van der Waals surface area contributed by atoms with Gasteiger partial charge in [-0.3, -0.25) is 0 Å². The lowest BCUT2D eigenvalue weighted by atomic mass is 9.78. The third-order valence-electron chi connectivity index (χ3n) is 1.75. The molecule has 9 atom stereocenters. The van der Waals surface area contributed by atoms with Gasteiger partial charge in [-0.1, -0.05) is 53.6 Å². The maximum atomic E-state index is 9.03. The lowest BCUT2D eigenvalue weighted by Crippen LogP contribution is -2.40. The summed E-state index contributed by atoms with van der Waals surface area (Å²) >= 11 is 0. The Hall–Kier alpha value is 3.73. The van der Waals surface area contributed by atoms with Crippen molar-refractivity contribution in [2.24, 2.45) is 0 Å². The summed E-state index contributed by atoms with van der Waals surface area (Å²) in [4.78, 5) is 0. The molecule has 0 saturated carbocycles. The van der Waals surface area contributed by atoms with E-state index in [-0.39, 0.29) is 30.1 Å². The monoisotopic (exact) mass is 434 g/mol. The molecule has 0 aliphatic heterocycles. The molecule has 0 aromatic carbocycles. The zero-order valence-corrected chi connectivity index (χ0v) is 20.1. The number of nitrogens with zero attached hydrogens (tertiary/aromatic N) is 2. The van der Waals surface area contributed by atoms with E-state index in [1.54, 1.807) is 0 Å². The molecule has 18 heavy (non-hydrogen) atoms. The average molecular weight is 434 g/mol. The second-order valence-corrected chi connectivity index (χ2v) is 17.8. The normalized spacial score (nSPS) is 14.4. The van der Waals surface area contributed by atoms with Crippen molar-refractivity contribution in [3.63, 3.8) is 0 Å². The summed E-state index contributed by atoms with van der Waals surface area (Å²) in [6, 6.07) is 2.23. The van der Waals surface area contributed by atoms with E-state index in [1.807, 2.05) is 0 Å². The molecule has 0 aromatic heterocycles. The molecule has 0 aliphatic rings. The molecule has 0 N–H and O–H groups in total. The Morgan fingerprint density at radius 3 is 1.89 bits per heavy atom. The molecule has 0 heterocycles. The standard InChI is InChI=1S/C3H17BN2O2P10/c5-2-1-3(4(7-15-9)8-16-10)6(17(11)12)18(13)14/h3,15-16H,1,9-14H2. The maximum absolute atomic E-state index is 9.03. The van der Waals surface area contributed by atoms with Crippen molar-refractivity contribution >= 4 is 92.6 Å². The van der Waals surface area contributed by atoms with Crippen LogP contribution in [0.2, 0.25) is 0 Å². The van der Waals surface area contributed by atoms with E-state index in [4.69, 9.17) is 14.1 Å². The maximum Gasteiger partial charge on any atom is 0.483 e. The molecule has 0 aromatic rings. The molecular weight excluding hydrogens is 417 g/mol. The van der Waals surface area contributed by atoms with Gasteiger partial charge in [0.15, 0.2) is 0 Å². The fourth-order valence-electron chi connectivity index (χ4n) is 1.16. The number of hydrogen-bond donors (Lipinski definition) is 0. The van der Waals surface area contributed by atoms with Crippen molar-refractivity contribution in [3.8, 4) is 6.07 Å². The zero-order chi connectivity index (χ0) is 14.1. The number of hydrogen-bond acceptors (Lipinski definition) is 4. The van der Waals surface area contributed by atoms with Crippen molar-refractivity contribution in [1.29, 1.82) is 5.26 Å². The van der Waals surface area contributed by atoms with Crippen LogP contribution in [0.4, 0.5) is 0 Å². The van der Waals surface area contributed by atoms with E-state index in [9.17, 15) is 0 Å². The molecule has 0 fully saturated rings. The van der Waals surface area contributed by atoms with E-state index in [0.717, 1.165) is 0 Å². The number of rotatable bonds is 9. The second-order valence-electron chi connectivity index (χ2n) is 2.85. The number of nitriles is 1. The first-order valence-corrected chi connectivity index (χ1v) is 19.0. The summed E-state index contributed by atoms with van der Waals surface area (Å²) in [6.07, 6.45) is 0.387. The van der Waals surface area contributed by atoms with Crippen molar-refractivity contribution in [2.75, 3.05) is 0 Å². The first-order valence-electron chi connectivity index (χ1n) is 4.47. The van der Waals surface area contributed by atoms with E-state index < -0.39 is 14.9 Å². The van der Waals surface area contributed by atoms with Crippen molar-refractivity contribution in [1.82, 2.24) is 4.44 Å². The van der Waals surface area contributed by atoms with Gasteiger partial charge in [-0.2, -0.15) is 5.26 Å². The van der Waals surface area contributed by atoms with Gasteiger partial charge in [0.05, 0.1) is 12.0 Å². The Morgan fingerprint density at radius 2 is 1.61 bits per heavy atom. The average Bonchev–Trinajstić information content (AvgIpc) is 2.27. The summed E-state index contributed by atoms with van der Waals surface area (Å²) in [7, 11) is 15.5. The van der Waals surface area contributed by atoms with Crippen molar-refractivity contribution in [2.45, 2.75) is 12.4 Å².